The van der Waals surface area contributed by atoms with Gasteiger partial charge in [0.05, 0.1) is 10.9 Å². The molecule has 0 aromatic heterocycles. The Balaban J connectivity index is 3.03. The van der Waals surface area contributed by atoms with E-state index in [-0.39, 0.29) is 17.2 Å². The fourth-order valence-electron chi connectivity index (χ4n) is 1.79. The number of Topliss-reactive ketones (excluding diaryl/α,β-unsaturated/α-hetero) is 1. The molecule has 1 atom stereocenters. The van der Waals surface area contributed by atoms with Crippen LogP contribution in [0.2, 0.25) is 0 Å². The third-order valence-corrected chi connectivity index (χ3v) is 4.52. The lowest BCUT2D eigenvalue weighted by molar-refractivity contribution is -0.133. The summed E-state index contributed by atoms with van der Waals surface area (Å²) in [5, 5.41) is -1.17. The number of benzene rings is 1. The number of hydrogen-bond donors (Lipinski definition) is 1. The normalized spacial score (nSPS) is 13.2. The van der Waals surface area contributed by atoms with E-state index in [0.717, 1.165) is 5.56 Å². The Morgan fingerprint density at radius 1 is 1.19 bits per heavy atom. The molecule has 0 spiro atoms. The maximum absolute atomic E-state index is 12.2. The van der Waals surface area contributed by atoms with Crippen LogP contribution < -0.4 is 4.72 Å². The van der Waals surface area contributed by atoms with E-state index >= 15 is 0 Å². The van der Waals surface area contributed by atoms with E-state index < -0.39 is 27.1 Å². The molecule has 0 saturated heterocycles. The maximum atomic E-state index is 12.2. The summed E-state index contributed by atoms with van der Waals surface area (Å²) < 4.78 is 26.7. The van der Waals surface area contributed by atoms with Crippen molar-refractivity contribution in [1.82, 2.24) is 4.72 Å². The lowest BCUT2D eigenvalue weighted by Gasteiger charge is -2.18. The van der Waals surface area contributed by atoms with Crippen molar-refractivity contribution >= 4 is 32.6 Å². The molecule has 0 unspecified atom stereocenters. The summed E-state index contributed by atoms with van der Waals surface area (Å²) in [6, 6.07) is 5.04. The zero-order valence-corrected chi connectivity index (χ0v) is 13.7. The van der Waals surface area contributed by atoms with Gasteiger partial charge in [-0.2, -0.15) is 0 Å². The van der Waals surface area contributed by atoms with Crippen molar-refractivity contribution in [3.8, 4) is 0 Å². The molecule has 1 N–H and O–H groups in total. The predicted molar refractivity (Wildman–Crippen MR) is 80.6 cm³/mol. The van der Waals surface area contributed by atoms with Crippen LogP contribution in [-0.2, 0) is 19.6 Å². The Hall–Kier alpha value is -1.24. The van der Waals surface area contributed by atoms with Gasteiger partial charge in [0.15, 0.2) is 0 Å². The molecule has 0 aliphatic heterocycles. The van der Waals surface area contributed by atoms with E-state index in [0.29, 0.717) is 0 Å². The first-order valence-electron chi connectivity index (χ1n) is 6.46. The molecule has 0 aliphatic rings. The molecular formula is C14H18ClNO4S. The predicted octanol–water partition coefficient (Wildman–Crippen LogP) is 2.02. The van der Waals surface area contributed by atoms with Crippen molar-refractivity contribution in [3.63, 3.8) is 0 Å². The average Bonchev–Trinajstić information content (AvgIpc) is 2.36. The number of sulfonamides is 1. The molecular weight excluding hydrogens is 314 g/mol. The standard InChI is InChI=1S/C14H18ClNO4S/c1-9(2)8-12(13(17)14(15)18)16-21(19,20)11-6-4-10(3)5-7-11/h4-7,9,12,16H,8H2,1-3H3/t12-/m0/s1. The van der Waals surface area contributed by atoms with Crippen molar-refractivity contribution in [2.45, 2.75) is 38.1 Å². The summed E-state index contributed by atoms with van der Waals surface area (Å²) in [4.78, 5) is 22.8. The molecule has 0 aliphatic carbocycles. The number of halogens is 1. The molecule has 0 fully saturated rings. The zero-order chi connectivity index (χ0) is 16.2. The van der Waals surface area contributed by atoms with Gasteiger partial charge in [-0.25, -0.2) is 13.1 Å². The van der Waals surface area contributed by atoms with Gasteiger partial charge < -0.3 is 0 Å². The second-order valence-electron chi connectivity index (χ2n) is 5.25. The number of carbonyl (C=O) groups excluding carboxylic acids is 2. The lowest BCUT2D eigenvalue weighted by Crippen LogP contribution is -2.43. The minimum atomic E-state index is -3.88. The Morgan fingerprint density at radius 2 is 1.71 bits per heavy atom. The highest BCUT2D eigenvalue weighted by Gasteiger charge is 2.29. The van der Waals surface area contributed by atoms with Crippen molar-refractivity contribution in [2.75, 3.05) is 0 Å². The third kappa shape index (κ3) is 5.22. The zero-order valence-electron chi connectivity index (χ0n) is 12.1. The summed E-state index contributed by atoms with van der Waals surface area (Å²) in [5.41, 5.74) is 0.916. The van der Waals surface area contributed by atoms with E-state index in [1.54, 1.807) is 12.1 Å². The van der Waals surface area contributed by atoms with Crippen molar-refractivity contribution in [1.29, 1.82) is 0 Å². The summed E-state index contributed by atoms with van der Waals surface area (Å²) in [7, 11) is -3.88. The minimum absolute atomic E-state index is 0.0238. The fourth-order valence-corrected chi connectivity index (χ4v) is 3.13. The molecule has 0 bridgehead atoms. The lowest BCUT2D eigenvalue weighted by atomic mass is 10.0. The van der Waals surface area contributed by atoms with Crippen LogP contribution in [-0.4, -0.2) is 25.5 Å². The first-order valence-corrected chi connectivity index (χ1v) is 8.32. The van der Waals surface area contributed by atoms with Gasteiger partial charge in [0.1, 0.15) is 0 Å². The summed E-state index contributed by atoms with van der Waals surface area (Å²) in [5.74, 6) is -0.920. The van der Waals surface area contributed by atoms with E-state index in [1.165, 1.54) is 12.1 Å². The highest BCUT2D eigenvalue weighted by atomic mass is 35.5. The van der Waals surface area contributed by atoms with Gasteiger partial charge in [-0.3, -0.25) is 9.59 Å². The van der Waals surface area contributed by atoms with Gasteiger partial charge in [0, 0.05) is 0 Å². The van der Waals surface area contributed by atoms with E-state index in [4.69, 9.17) is 11.6 Å². The number of nitrogens with one attached hydrogen (secondary N) is 1. The minimum Gasteiger partial charge on any atom is -0.288 e. The summed E-state index contributed by atoms with van der Waals surface area (Å²) in [6.45, 7) is 5.47. The maximum Gasteiger partial charge on any atom is 0.289 e. The van der Waals surface area contributed by atoms with Crippen molar-refractivity contribution < 1.29 is 18.0 Å². The highest BCUT2D eigenvalue weighted by molar-refractivity contribution is 7.89. The van der Waals surface area contributed by atoms with Gasteiger partial charge in [0.2, 0.25) is 15.8 Å². The van der Waals surface area contributed by atoms with Crippen LogP contribution in [0.25, 0.3) is 0 Å². The molecule has 0 radical (unpaired) electrons. The second kappa shape index (κ2) is 7.15. The van der Waals surface area contributed by atoms with Crippen LogP contribution in [0.4, 0.5) is 0 Å². The van der Waals surface area contributed by atoms with Crippen LogP contribution >= 0.6 is 11.6 Å². The van der Waals surface area contributed by atoms with Crippen LogP contribution in [0, 0.1) is 12.8 Å². The van der Waals surface area contributed by atoms with Crippen LogP contribution in [0.5, 0.6) is 0 Å². The van der Waals surface area contributed by atoms with Gasteiger partial charge in [-0.15, -0.1) is 0 Å². The number of ketones is 1. The van der Waals surface area contributed by atoms with E-state index in [1.807, 2.05) is 20.8 Å². The molecule has 1 rings (SSSR count). The molecule has 21 heavy (non-hydrogen) atoms. The topological polar surface area (TPSA) is 80.3 Å². The van der Waals surface area contributed by atoms with Crippen LogP contribution in [0.1, 0.15) is 25.8 Å². The Morgan fingerprint density at radius 3 is 2.14 bits per heavy atom. The molecule has 5 nitrogen and oxygen atoms in total. The number of carbonyl (C=O) groups is 2. The largest absolute Gasteiger partial charge is 0.289 e. The Bertz CT molecular complexity index is 623. The molecule has 1 aromatic carbocycles. The molecule has 0 amide bonds. The fraction of sp³-hybridized carbons (Fsp3) is 0.429. The van der Waals surface area contributed by atoms with Crippen LogP contribution in [0.3, 0.4) is 0 Å². The van der Waals surface area contributed by atoms with Crippen molar-refractivity contribution in [2.24, 2.45) is 5.92 Å². The molecule has 0 saturated carbocycles. The van der Waals surface area contributed by atoms with Gasteiger partial charge in [0.25, 0.3) is 5.24 Å². The first kappa shape index (κ1) is 17.8. The van der Waals surface area contributed by atoms with Gasteiger partial charge in [-0.1, -0.05) is 31.5 Å². The SMILES string of the molecule is Cc1ccc(S(=O)(=O)N[C@@H](CC(C)C)C(=O)C(=O)Cl)cc1. The van der Waals surface area contributed by atoms with E-state index in [2.05, 4.69) is 4.72 Å². The smallest absolute Gasteiger partial charge is 0.288 e. The van der Waals surface area contributed by atoms with Crippen molar-refractivity contribution in [3.05, 3.63) is 29.8 Å². The quantitative estimate of drug-likeness (QED) is 0.612. The average molecular weight is 332 g/mol. The summed E-state index contributed by atoms with van der Waals surface area (Å²) >= 11 is 5.18. The summed E-state index contributed by atoms with van der Waals surface area (Å²) in [6.07, 6.45) is 0.197. The molecule has 7 heteroatoms. The molecule has 1 aromatic rings. The molecule has 0 heterocycles. The highest BCUT2D eigenvalue weighted by Crippen LogP contribution is 2.14. The van der Waals surface area contributed by atoms with Crippen LogP contribution in [0.15, 0.2) is 29.2 Å². The second-order valence-corrected chi connectivity index (χ2v) is 7.31. The van der Waals surface area contributed by atoms with Gasteiger partial charge >= 0.3 is 0 Å². The first-order chi connectivity index (χ1) is 9.63. The number of rotatable bonds is 7. The Kier molecular flexibility index (Phi) is 6.07. The number of hydrogen-bond acceptors (Lipinski definition) is 4. The Labute approximate surface area is 129 Å². The van der Waals surface area contributed by atoms with E-state index in [9.17, 15) is 18.0 Å². The third-order valence-electron chi connectivity index (χ3n) is 2.85. The monoisotopic (exact) mass is 331 g/mol. The van der Waals surface area contributed by atoms with Gasteiger partial charge in [-0.05, 0) is 43.0 Å². The number of aryl methyl sites for hydroxylation is 1. The molecule has 116 valence electrons.